The Bertz CT molecular complexity index is 972. The summed E-state index contributed by atoms with van der Waals surface area (Å²) in [5.74, 6) is 0.185. The molecule has 0 aliphatic rings. The van der Waals surface area contributed by atoms with Crippen LogP contribution in [0.1, 0.15) is 16.5 Å². The lowest BCUT2D eigenvalue weighted by atomic mass is 10.1. The Morgan fingerprint density at radius 3 is 2.36 bits per heavy atom. The first-order valence-electron chi connectivity index (χ1n) is 8.52. The van der Waals surface area contributed by atoms with Crippen LogP contribution in [-0.4, -0.2) is 28.7 Å². The molecule has 1 atom stereocenters. The van der Waals surface area contributed by atoms with E-state index in [1.807, 2.05) is 17.5 Å². The molecule has 148 valence electrons. The summed E-state index contributed by atoms with van der Waals surface area (Å²) < 4.78 is 52.2. The number of rotatable bonds is 9. The molecule has 28 heavy (non-hydrogen) atoms. The summed E-state index contributed by atoms with van der Waals surface area (Å²) in [7, 11) is -2.22. The number of halogens is 1. The van der Waals surface area contributed by atoms with Gasteiger partial charge in [0.2, 0.25) is 10.0 Å². The monoisotopic (exact) mass is 421 g/mol. The SMILES string of the molecule is COCCOc1ccc(S(=O)(=O)NC(c2ccc(F)cc2)c2cccs2)cc1. The molecule has 0 bridgehead atoms. The maximum atomic E-state index is 13.3. The molecule has 1 aromatic heterocycles. The van der Waals surface area contributed by atoms with E-state index < -0.39 is 16.1 Å². The molecule has 0 amide bonds. The number of nitrogens with one attached hydrogen (secondary N) is 1. The van der Waals surface area contributed by atoms with E-state index in [0.717, 1.165) is 4.88 Å². The molecule has 1 N–H and O–H groups in total. The lowest BCUT2D eigenvalue weighted by Gasteiger charge is -2.18. The molecule has 3 aromatic rings. The van der Waals surface area contributed by atoms with Gasteiger partial charge in [-0.2, -0.15) is 4.72 Å². The molecule has 2 aromatic carbocycles. The van der Waals surface area contributed by atoms with Crippen LogP contribution in [0.2, 0.25) is 0 Å². The number of hydrogen-bond acceptors (Lipinski definition) is 5. The summed E-state index contributed by atoms with van der Waals surface area (Å²) in [6, 6.07) is 15.0. The van der Waals surface area contributed by atoms with Crippen molar-refractivity contribution in [2.45, 2.75) is 10.9 Å². The second kappa shape index (κ2) is 9.29. The molecule has 0 spiro atoms. The van der Waals surface area contributed by atoms with Gasteiger partial charge in [-0.05, 0) is 53.4 Å². The van der Waals surface area contributed by atoms with Crippen molar-refractivity contribution >= 4 is 21.4 Å². The van der Waals surface area contributed by atoms with Gasteiger partial charge in [0.25, 0.3) is 0 Å². The first-order valence-corrected chi connectivity index (χ1v) is 10.9. The summed E-state index contributed by atoms with van der Waals surface area (Å²) in [5, 5.41) is 1.87. The molecular formula is C20H20FNO4S2. The van der Waals surface area contributed by atoms with Gasteiger partial charge in [0.1, 0.15) is 18.2 Å². The summed E-state index contributed by atoms with van der Waals surface area (Å²) >= 11 is 1.43. The zero-order valence-corrected chi connectivity index (χ0v) is 16.8. The van der Waals surface area contributed by atoms with E-state index >= 15 is 0 Å². The molecule has 0 saturated carbocycles. The van der Waals surface area contributed by atoms with Crippen LogP contribution in [-0.2, 0) is 14.8 Å². The third-order valence-electron chi connectivity index (χ3n) is 3.99. The van der Waals surface area contributed by atoms with Crippen LogP contribution >= 0.6 is 11.3 Å². The molecule has 0 saturated heterocycles. The van der Waals surface area contributed by atoms with E-state index in [1.165, 1.54) is 35.6 Å². The fraction of sp³-hybridized carbons (Fsp3) is 0.200. The summed E-state index contributed by atoms with van der Waals surface area (Å²) in [6.07, 6.45) is 0. The van der Waals surface area contributed by atoms with Crippen LogP contribution in [0.15, 0.2) is 70.9 Å². The van der Waals surface area contributed by atoms with E-state index in [1.54, 1.807) is 31.4 Å². The highest BCUT2D eigenvalue weighted by molar-refractivity contribution is 7.89. The third kappa shape index (κ3) is 5.17. The fourth-order valence-corrected chi connectivity index (χ4v) is 4.66. The van der Waals surface area contributed by atoms with Gasteiger partial charge >= 0.3 is 0 Å². The predicted molar refractivity (Wildman–Crippen MR) is 107 cm³/mol. The minimum atomic E-state index is -3.80. The van der Waals surface area contributed by atoms with Gasteiger partial charge in [-0.3, -0.25) is 0 Å². The molecule has 5 nitrogen and oxygen atoms in total. The quantitative estimate of drug-likeness (QED) is 0.531. The zero-order chi connectivity index (χ0) is 20.0. The van der Waals surface area contributed by atoms with Crippen molar-refractivity contribution < 1.29 is 22.3 Å². The molecule has 1 unspecified atom stereocenters. The van der Waals surface area contributed by atoms with Crippen molar-refractivity contribution in [3.8, 4) is 5.75 Å². The van der Waals surface area contributed by atoms with Crippen LogP contribution in [0, 0.1) is 5.82 Å². The summed E-state index contributed by atoms with van der Waals surface area (Å²) in [5.41, 5.74) is 0.659. The van der Waals surface area contributed by atoms with Crippen LogP contribution < -0.4 is 9.46 Å². The van der Waals surface area contributed by atoms with Crippen molar-refractivity contribution in [2.75, 3.05) is 20.3 Å². The highest BCUT2D eigenvalue weighted by atomic mass is 32.2. The lowest BCUT2D eigenvalue weighted by Crippen LogP contribution is -2.29. The van der Waals surface area contributed by atoms with Gasteiger partial charge in [-0.1, -0.05) is 18.2 Å². The van der Waals surface area contributed by atoms with E-state index in [9.17, 15) is 12.8 Å². The van der Waals surface area contributed by atoms with E-state index in [0.29, 0.717) is 24.5 Å². The maximum Gasteiger partial charge on any atom is 0.241 e. The van der Waals surface area contributed by atoms with Crippen molar-refractivity contribution in [2.24, 2.45) is 0 Å². The number of hydrogen-bond donors (Lipinski definition) is 1. The number of ether oxygens (including phenoxy) is 2. The maximum absolute atomic E-state index is 13.3. The molecular weight excluding hydrogens is 401 g/mol. The molecule has 8 heteroatoms. The number of methoxy groups -OCH3 is 1. The minimum Gasteiger partial charge on any atom is -0.491 e. The van der Waals surface area contributed by atoms with Gasteiger partial charge in [0.15, 0.2) is 0 Å². The standard InChI is InChI=1S/C20H20FNO4S2/c1-25-12-13-26-17-8-10-18(11-9-17)28(23,24)22-20(19-3-2-14-27-19)15-4-6-16(21)7-5-15/h2-11,14,20,22H,12-13H2,1H3. The van der Waals surface area contributed by atoms with E-state index in [-0.39, 0.29) is 10.7 Å². The summed E-state index contributed by atoms with van der Waals surface area (Å²) in [6.45, 7) is 0.827. The van der Waals surface area contributed by atoms with Crippen molar-refractivity contribution in [3.63, 3.8) is 0 Å². The van der Waals surface area contributed by atoms with Gasteiger partial charge < -0.3 is 9.47 Å². The van der Waals surface area contributed by atoms with E-state index in [2.05, 4.69) is 4.72 Å². The number of benzene rings is 2. The Morgan fingerprint density at radius 2 is 1.75 bits per heavy atom. The Balaban J connectivity index is 1.82. The molecule has 0 aliphatic heterocycles. The highest BCUT2D eigenvalue weighted by Gasteiger charge is 2.23. The third-order valence-corrected chi connectivity index (χ3v) is 6.37. The first-order chi connectivity index (χ1) is 13.5. The van der Waals surface area contributed by atoms with Crippen molar-refractivity contribution in [3.05, 3.63) is 82.3 Å². The zero-order valence-electron chi connectivity index (χ0n) is 15.2. The second-order valence-electron chi connectivity index (χ2n) is 5.93. The van der Waals surface area contributed by atoms with Crippen LogP contribution in [0.4, 0.5) is 4.39 Å². The average Bonchev–Trinajstić information content (AvgIpc) is 3.22. The van der Waals surface area contributed by atoms with Crippen molar-refractivity contribution in [1.29, 1.82) is 0 Å². The van der Waals surface area contributed by atoms with Gasteiger partial charge in [-0.15, -0.1) is 11.3 Å². The Labute approximate surface area is 167 Å². The Morgan fingerprint density at radius 1 is 1.04 bits per heavy atom. The van der Waals surface area contributed by atoms with Gasteiger partial charge in [0.05, 0.1) is 17.5 Å². The van der Waals surface area contributed by atoms with Gasteiger partial charge in [-0.25, -0.2) is 12.8 Å². The average molecular weight is 422 g/mol. The van der Waals surface area contributed by atoms with Crippen LogP contribution in [0.25, 0.3) is 0 Å². The Hall–Kier alpha value is -2.26. The topological polar surface area (TPSA) is 64.6 Å². The van der Waals surface area contributed by atoms with Crippen molar-refractivity contribution in [1.82, 2.24) is 4.72 Å². The largest absolute Gasteiger partial charge is 0.491 e. The molecule has 0 aliphatic carbocycles. The van der Waals surface area contributed by atoms with Crippen LogP contribution in [0.3, 0.4) is 0 Å². The highest BCUT2D eigenvalue weighted by Crippen LogP contribution is 2.28. The van der Waals surface area contributed by atoms with Gasteiger partial charge in [0, 0.05) is 12.0 Å². The normalized spacial score (nSPS) is 12.6. The molecule has 1 heterocycles. The predicted octanol–water partition coefficient (Wildman–Crippen LogP) is 3.98. The molecule has 3 rings (SSSR count). The van der Waals surface area contributed by atoms with Crippen LogP contribution in [0.5, 0.6) is 5.75 Å². The first kappa shape index (κ1) is 20.5. The molecule has 0 fully saturated rings. The number of sulfonamides is 1. The molecule has 0 radical (unpaired) electrons. The number of thiophene rings is 1. The smallest absolute Gasteiger partial charge is 0.241 e. The second-order valence-corrected chi connectivity index (χ2v) is 8.63. The Kier molecular flexibility index (Phi) is 6.79. The lowest BCUT2D eigenvalue weighted by molar-refractivity contribution is 0.146. The fourth-order valence-electron chi connectivity index (χ4n) is 2.58. The van der Waals surface area contributed by atoms with E-state index in [4.69, 9.17) is 9.47 Å². The minimum absolute atomic E-state index is 0.121. The summed E-state index contributed by atoms with van der Waals surface area (Å²) in [4.78, 5) is 0.935.